The van der Waals surface area contributed by atoms with Gasteiger partial charge in [-0.15, -0.1) is 0 Å². The molecule has 1 amide bonds. The maximum Gasteiger partial charge on any atom is 0.257 e. The molecule has 0 aliphatic carbocycles. The molecule has 2 aromatic heterocycles. The van der Waals surface area contributed by atoms with Gasteiger partial charge < -0.3 is 10.1 Å². The first-order valence-electron chi connectivity index (χ1n) is 8.47. The Bertz CT molecular complexity index is 1080. The number of aromatic nitrogens is 3. The quantitative estimate of drug-likeness (QED) is 0.522. The van der Waals surface area contributed by atoms with Crippen molar-refractivity contribution >= 4 is 23.2 Å². The highest BCUT2D eigenvalue weighted by Gasteiger charge is 2.08. The zero-order valence-corrected chi connectivity index (χ0v) is 15.4. The minimum absolute atomic E-state index is 0.246. The lowest BCUT2D eigenvalue weighted by Gasteiger charge is -2.09. The molecule has 0 unspecified atom stereocenters. The molecular formula is C21H15ClN4O2. The van der Waals surface area contributed by atoms with E-state index in [1.807, 2.05) is 12.1 Å². The standard InChI is InChI=1S/C21H15ClN4O2/c22-18-3-1-2-4-19(18)28-17-8-6-16(7-9-17)25-21(27)15-5-10-20(24-13-15)26-12-11-23-14-26/h1-14H,(H,25,27). The zero-order chi connectivity index (χ0) is 19.3. The zero-order valence-electron chi connectivity index (χ0n) is 14.6. The smallest absolute Gasteiger partial charge is 0.257 e. The molecule has 1 N–H and O–H groups in total. The highest BCUT2D eigenvalue weighted by atomic mass is 35.5. The lowest BCUT2D eigenvalue weighted by Crippen LogP contribution is -2.12. The minimum atomic E-state index is -0.246. The predicted molar refractivity (Wildman–Crippen MR) is 107 cm³/mol. The number of ether oxygens (including phenoxy) is 1. The largest absolute Gasteiger partial charge is 0.456 e. The van der Waals surface area contributed by atoms with Crippen LogP contribution in [0.4, 0.5) is 5.69 Å². The highest BCUT2D eigenvalue weighted by molar-refractivity contribution is 6.32. The Morgan fingerprint density at radius 2 is 1.86 bits per heavy atom. The van der Waals surface area contributed by atoms with Crippen molar-refractivity contribution in [2.24, 2.45) is 0 Å². The molecular weight excluding hydrogens is 376 g/mol. The summed E-state index contributed by atoms with van der Waals surface area (Å²) in [5.74, 6) is 1.64. The molecule has 0 radical (unpaired) electrons. The van der Waals surface area contributed by atoms with E-state index in [1.165, 1.54) is 6.20 Å². The fraction of sp³-hybridized carbons (Fsp3) is 0. The molecule has 2 aromatic carbocycles. The molecule has 0 saturated heterocycles. The summed E-state index contributed by atoms with van der Waals surface area (Å²) in [6.07, 6.45) is 6.63. The van der Waals surface area contributed by atoms with E-state index in [4.69, 9.17) is 16.3 Å². The lowest BCUT2D eigenvalue weighted by atomic mass is 10.2. The highest BCUT2D eigenvalue weighted by Crippen LogP contribution is 2.29. The second kappa shape index (κ2) is 7.94. The summed E-state index contributed by atoms with van der Waals surface area (Å²) < 4.78 is 7.50. The number of hydrogen-bond donors (Lipinski definition) is 1. The fourth-order valence-corrected chi connectivity index (χ4v) is 2.71. The third-order valence-electron chi connectivity index (χ3n) is 3.96. The molecule has 0 bridgehead atoms. The molecule has 0 atom stereocenters. The van der Waals surface area contributed by atoms with E-state index in [0.29, 0.717) is 33.6 Å². The maximum absolute atomic E-state index is 12.4. The number of imidazole rings is 1. The van der Waals surface area contributed by atoms with E-state index in [9.17, 15) is 4.79 Å². The molecule has 4 aromatic rings. The molecule has 7 heteroatoms. The minimum Gasteiger partial charge on any atom is -0.456 e. The van der Waals surface area contributed by atoms with Crippen LogP contribution in [-0.4, -0.2) is 20.4 Å². The number of rotatable bonds is 5. The molecule has 0 aliphatic rings. The number of para-hydroxylation sites is 1. The molecule has 0 aliphatic heterocycles. The van der Waals surface area contributed by atoms with E-state index in [-0.39, 0.29) is 5.91 Å². The summed E-state index contributed by atoms with van der Waals surface area (Å²) >= 11 is 6.09. The van der Waals surface area contributed by atoms with Crippen LogP contribution in [-0.2, 0) is 0 Å². The van der Waals surface area contributed by atoms with Gasteiger partial charge in [-0.25, -0.2) is 9.97 Å². The number of hydrogen-bond acceptors (Lipinski definition) is 4. The van der Waals surface area contributed by atoms with Crippen molar-refractivity contribution in [2.75, 3.05) is 5.32 Å². The van der Waals surface area contributed by atoms with Gasteiger partial charge in [0.2, 0.25) is 0 Å². The Kier molecular flexibility index (Phi) is 5.03. The third-order valence-corrected chi connectivity index (χ3v) is 4.27. The van der Waals surface area contributed by atoms with Crippen molar-refractivity contribution in [3.63, 3.8) is 0 Å². The first kappa shape index (κ1) is 17.8. The Labute approximate surface area is 166 Å². The number of nitrogens with one attached hydrogen (secondary N) is 1. The molecule has 0 saturated carbocycles. The first-order valence-corrected chi connectivity index (χ1v) is 8.85. The van der Waals surface area contributed by atoms with Gasteiger partial charge in [0.1, 0.15) is 23.6 Å². The van der Waals surface area contributed by atoms with Crippen LogP contribution < -0.4 is 10.1 Å². The number of benzene rings is 2. The number of amides is 1. The van der Waals surface area contributed by atoms with Crippen molar-refractivity contribution in [1.82, 2.24) is 14.5 Å². The van der Waals surface area contributed by atoms with Crippen molar-refractivity contribution in [3.8, 4) is 17.3 Å². The molecule has 2 heterocycles. The number of nitrogens with zero attached hydrogens (tertiary/aromatic N) is 3. The van der Waals surface area contributed by atoms with Gasteiger partial charge in [-0.2, -0.15) is 0 Å². The van der Waals surface area contributed by atoms with E-state index < -0.39 is 0 Å². The van der Waals surface area contributed by atoms with Gasteiger partial charge in [-0.05, 0) is 48.5 Å². The average Bonchev–Trinajstić information content (AvgIpc) is 3.26. The SMILES string of the molecule is O=C(Nc1ccc(Oc2ccccc2Cl)cc1)c1ccc(-n2ccnc2)nc1. The summed E-state index contributed by atoms with van der Waals surface area (Å²) in [4.78, 5) is 20.7. The first-order chi connectivity index (χ1) is 13.7. The van der Waals surface area contributed by atoms with Gasteiger partial charge in [0.25, 0.3) is 5.91 Å². The summed E-state index contributed by atoms with van der Waals surface area (Å²) in [7, 11) is 0. The number of halogens is 1. The summed E-state index contributed by atoms with van der Waals surface area (Å²) in [6.45, 7) is 0. The van der Waals surface area contributed by atoms with E-state index >= 15 is 0 Å². The normalized spacial score (nSPS) is 10.5. The van der Waals surface area contributed by atoms with Gasteiger partial charge >= 0.3 is 0 Å². The van der Waals surface area contributed by atoms with Gasteiger partial charge in [-0.3, -0.25) is 9.36 Å². The summed E-state index contributed by atoms with van der Waals surface area (Å²) in [5, 5.41) is 3.37. The number of pyridine rings is 1. The summed E-state index contributed by atoms with van der Waals surface area (Å²) in [6, 6.07) is 17.8. The van der Waals surface area contributed by atoms with Crippen LogP contribution >= 0.6 is 11.6 Å². The fourth-order valence-electron chi connectivity index (χ4n) is 2.53. The van der Waals surface area contributed by atoms with E-state index in [0.717, 1.165) is 0 Å². The van der Waals surface area contributed by atoms with Crippen molar-refractivity contribution in [3.05, 3.63) is 96.2 Å². The lowest BCUT2D eigenvalue weighted by molar-refractivity contribution is 0.102. The summed E-state index contributed by atoms with van der Waals surface area (Å²) in [5.41, 5.74) is 1.11. The topological polar surface area (TPSA) is 69.0 Å². The van der Waals surface area contributed by atoms with Crippen LogP contribution in [0, 0.1) is 0 Å². The molecule has 138 valence electrons. The second-order valence-corrected chi connectivity index (χ2v) is 6.29. The number of carbonyl (C=O) groups excluding carboxylic acids is 1. The second-order valence-electron chi connectivity index (χ2n) is 5.89. The Hall–Kier alpha value is -3.64. The Morgan fingerprint density at radius 1 is 1.04 bits per heavy atom. The molecule has 28 heavy (non-hydrogen) atoms. The van der Waals surface area contributed by atoms with Gasteiger partial charge in [0.15, 0.2) is 0 Å². The van der Waals surface area contributed by atoms with Crippen molar-refractivity contribution in [2.45, 2.75) is 0 Å². The van der Waals surface area contributed by atoms with Crippen LogP contribution in [0.2, 0.25) is 5.02 Å². The van der Waals surface area contributed by atoms with Crippen LogP contribution in [0.3, 0.4) is 0 Å². The maximum atomic E-state index is 12.4. The Balaban J connectivity index is 1.41. The van der Waals surface area contributed by atoms with Gasteiger partial charge in [0, 0.05) is 24.3 Å². The van der Waals surface area contributed by atoms with E-state index in [1.54, 1.807) is 71.8 Å². The monoisotopic (exact) mass is 390 g/mol. The van der Waals surface area contributed by atoms with Gasteiger partial charge in [-0.1, -0.05) is 23.7 Å². The van der Waals surface area contributed by atoms with Crippen LogP contribution in [0.1, 0.15) is 10.4 Å². The molecule has 0 fully saturated rings. The number of carbonyl (C=O) groups is 1. The van der Waals surface area contributed by atoms with Crippen LogP contribution in [0.15, 0.2) is 85.6 Å². The number of anilines is 1. The third kappa shape index (κ3) is 4.02. The van der Waals surface area contributed by atoms with Crippen LogP contribution in [0.5, 0.6) is 11.5 Å². The molecule has 0 spiro atoms. The predicted octanol–water partition coefficient (Wildman–Crippen LogP) is 4.97. The average molecular weight is 391 g/mol. The van der Waals surface area contributed by atoms with Crippen molar-refractivity contribution in [1.29, 1.82) is 0 Å². The Morgan fingerprint density at radius 3 is 2.54 bits per heavy atom. The molecule has 4 rings (SSSR count). The molecule has 6 nitrogen and oxygen atoms in total. The van der Waals surface area contributed by atoms with Crippen molar-refractivity contribution < 1.29 is 9.53 Å². The van der Waals surface area contributed by atoms with Crippen LogP contribution in [0.25, 0.3) is 5.82 Å². The van der Waals surface area contributed by atoms with Gasteiger partial charge in [0.05, 0.1) is 10.6 Å². The van der Waals surface area contributed by atoms with E-state index in [2.05, 4.69) is 15.3 Å².